The van der Waals surface area contributed by atoms with E-state index in [1.54, 1.807) is 0 Å². The van der Waals surface area contributed by atoms with Crippen molar-refractivity contribution >= 4 is 43.5 Å². The largest absolute Gasteiger partial charge is 0.478 e. The van der Waals surface area contributed by atoms with Crippen LogP contribution in [0.5, 0.6) is 0 Å². The Morgan fingerprint density at radius 2 is 1.93 bits per heavy atom. The van der Waals surface area contributed by atoms with Crippen molar-refractivity contribution in [1.29, 1.82) is 0 Å². The fourth-order valence-electron chi connectivity index (χ4n) is 0.832. The average molecular weight is 321 g/mol. The minimum atomic E-state index is -0.985. The first-order valence-electron chi connectivity index (χ1n) is 3.71. The fourth-order valence-corrected chi connectivity index (χ4v) is 2.06. The summed E-state index contributed by atoms with van der Waals surface area (Å²) in [4.78, 5) is 10.2. The van der Waals surface area contributed by atoms with Crippen molar-refractivity contribution in [2.75, 3.05) is 5.32 Å². The van der Waals surface area contributed by atoms with E-state index in [1.807, 2.05) is 18.2 Å². The Labute approximate surface area is 98.1 Å². The van der Waals surface area contributed by atoms with Crippen LogP contribution in [0.1, 0.15) is 0 Å². The number of carbonyl (C=O) groups is 1. The number of nitrogens with one attached hydrogen (secondary N) is 1. The van der Waals surface area contributed by atoms with E-state index in [0.717, 1.165) is 20.7 Å². The Balaban J connectivity index is 2.81. The Morgan fingerprint density at radius 3 is 2.43 bits per heavy atom. The highest BCUT2D eigenvalue weighted by atomic mass is 79.9. The van der Waals surface area contributed by atoms with Gasteiger partial charge >= 0.3 is 5.97 Å². The quantitative estimate of drug-likeness (QED) is 0.841. The molecule has 1 aromatic rings. The van der Waals surface area contributed by atoms with Crippen molar-refractivity contribution in [2.45, 2.75) is 0 Å². The van der Waals surface area contributed by atoms with Crippen molar-refractivity contribution < 1.29 is 9.90 Å². The molecule has 3 nitrogen and oxygen atoms in total. The zero-order chi connectivity index (χ0) is 10.6. The Kier molecular flexibility index (Phi) is 4.16. The molecule has 5 heteroatoms. The molecule has 14 heavy (non-hydrogen) atoms. The van der Waals surface area contributed by atoms with Gasteiger partial charge in [-0.25, -0.2) is 4.79 Å². The third-order valence-corrected chi connectivity index (χ3v) is 2.74. The van der Waals surface area contributed by atoms with E-state index >= 15 is 0 Å². The van der Waals surface area contributed by atoms with Crippen molar-refractivity contribution in [3.05, 3.63) is 39.4 Å². The number of rotatable bonds is 3. The van der Waals surface area contributed by atoms with E-state index in [4.69, 9.17) is 5.11 Å². The molecule has 0 unspecified atom stereocenters. The number of hydrogen-bond donors (Lipinski definition) is 2. The molecule has 0 spiro atoms. The summed E-state index contributed by atoms with van der Waals surface area (Å²) in [5, 5.41) is 11.2. The molecular formula is C9H7Br2NO2. The molecule has 2 N–H and O–H groups in total. The van der Waals surface area contributed by atoms with Gasteiger partial charge in [-0.3, -0.25) is 0 Å². The van der Waals surface area contributed by atoms with Gasteiger partial charge in [0.1, 0.15) is 0 Å². The predicted molar refractivity (Wildman–Crippen MR) is 62.2 cm³/mol. The van der Waals surface area contributed by atoms with Gasteiger partial charge in [-0.05, 0) is 44.0 Å². The smallest absolute Gasteiger partial charge is 0.329 e. The van der Waals surface area contributed by atoms with Gasteiger partial charge in [0.15, 0.2) is 0 Å². The molecule has 0 saturated heterocycles. The van der Waals surface area contributed by atoms with E-state index in [9.17, 15) is 4.79 Å². The highest BCUT2D eigenvalue weighted by molar-refractivity contribution is 9.11. The van der Waals surface area contributed by atoms with Crippen molar-refractivity contribution in [3.63, 3.8) is 0 Å². The third-order valence-electron chi connectivity index (χ3n) is 1.42. The molecule has 0 atom stereocenters. The summed E-state index contributed by atoms with van der Waals surface area (Å²) in [5.74, 6) is -0.985. The maximum atomic E-state index is 10.2. The minimum absolute atomic E-state index is 0.796. The monoisotopic (exact) mass is 319 g/mol. The van der Waals surface area contributed by atoms with Gasteiger partial charge in [0, 0.05) is 21.2 Å². The molecule has 1 aromatic carbocycles. The highest BCUT2D eigenvalue weighted by Gasteiger charge is 2.01. The summed E-state index contributed by atoms with van der Waals surface area (Å²) < 4.78 is 1.73. The minimum Gasteiger partial charge on any atom is -0.478 e. The van der Waals surface area contributed by atoms with Gasteiger partial charge in [-0.1, -0.05) is 6.07 Å². The molecular weight excluding hydrogens is 314 g/mol. The molecule has 0 fully saturated rings. The van der Waals surface area contributed by atoms with Gasteiger partial charge in [0.25, 0.3) is 0 Å². The number of aliphatic carboxylic acids is 1. The van der Waals surface area contributed by atoms with Crippen LogP contribution in [0.15, 0.2) is 39.4 Å². The molecule has 0 aliphatic heterocycles. The molecule has 0 aliphatic rings. The summed E-state index contributed by atoms with van der Waals surface area (Å²) in [7, 11) is 0. The predicted octanol–water partition coefficient (Wildman–Crippen LogP) is 3.22. The number of anilines is 1. The van der Waals surface area contributed by atoms with Crippen LogP contribution in [0.2, 0.25) is 0 Å². The van der Waals surface area contributed by atoms with E-state index in [1.165, 1.54) is 6.20 Å². The first-order valence-corrected chi connectivity index (χ1v) is 5.30. The maximum absolute atomic E-state index is 10.2. The molecule has 1 rings (SSSR count). The van der Waals surface area contributed by atoms with Gasteiger partial charge in [0.05, 0.1) is 5.69 Å². The number of benzene rings is 1. The lowest BCUT2D eigenvalue weighted by molar-refractivity contribution is -0.131. The topological polar surface area (TPSA) is 49.3 Å². The standard InChI is InChI=1S/C9H7Br2NO2/c10-6-2-1-3-7(11)9(6)12-5-4-8(13)14/h1-5,12H,(H,13,14)/b5-4+. The molecule has 74 valence electrons. The van der Waals surface area contributed by atoms with E-state index in [0.29, 0.717) is 0 Å². The maximum Gasteiger partial charge on any atom is 0.329 e. The molecule has 0 aromatic heterocycles. The zero-order valence-electron chi connectivity index (χ0n) is 7.00. The van der Waals surface area contributed by atoms with E-state index < -0.39 is 5.97 Å². The van der Waals surface area contributed by atoms with Crippen molar-refractivity contribution in [3.8, 4) is 0 Å². The Hall–Kier alpha value is -0.810. The summed E-state index contributed by atoms with van der Waals surface area (Å²) in [6.45, 7) is 0. The van der Waals surface area contributed by atoms with E-state index in [-0.39, 0.29) is 0 Å². The lowest BCUT2D eigenvalue weighted by Crippen LogP contribution is -1.93. The summed E-state index contributed by atoms with van der Waals surface area (Å²) in [6, 6.07) is 5.60. The van der Waals surface area contributed by atoms with Crippen LogP contribution < -0.4 is 5.32 Å². The Morgan fingerprint density at radius 1 is 1.36 bits per heavy atom. The number of carboxylic acid groups (broad SMARTS) is 1. The molecule has 0 amide bonds. The van der Waals surface area contributed by atoms with Crippen LogP contribution in [0.3, 0.4) is 0 Å². The van der Waals surface area contributed by atoms with Crippen molar-refractivity contribution in [2.24, 2.45) is 0 Å². The second-order valence-corrected chi connectivity index (χ2v) is 4.12. The summed E-state index contributed by atoms with van der Waals surface area (Å²) in [6.07, 6.45) is 2.40. The van der Waals surface area contributed by atoms with Crippen LogP contribution in [0.25, 0.3) is 0 Å². The zero-order valence-corrected chi connectivity index (χ0v) is 10.2. The fraction of sp³-hybridized carbons (Fsp3) is 0. The van der Waals surface area contributed by atoms with Crippen LogP contribution in [-0.2, 0) is 4.79 Å². The molecule has 0 heterocycles. The second kappa shape index (κ2) is 5.17. The first kappa shape index (κ1) is 11.3. The van der Waals surface area contributed by atoms with Crippen LogP contribution in [-0.4, -0.2) is 11.1 Å². The molecule has 0 saturated carbocycles. The normalized spacial score (nSPS) is 10.4. The van der Waals surface area contributed by atoms with Gasteiger partial charge in [-0.2, -0.15) is 0 Å². The summed E-state index contributed by atoms with van der Waals surface area (Å²) >= 11 is 6.68. The third kappa shape index (κ3) is 3.16. The average Bonchev–Trinajstić information content (AvgIpc) is 2.09. The lowest BCUT2D eigenvalue weighted by atomic mass is 10.3. The SMILES string of the molecule is O=C(O)/C=C/Nc1c(Br)cccc1Br. The Bertz CT molecular complexity index is 357. The van der Waals surface area contributed by atoms with Crippen LogP contribution >= 0.6 is 31.9 Å². The molecule has 0 radical (unpaired) electrons. The highest BCUT2D eigenvalue weighted by Crippen LogP contribution is 2.30. The summed E-state index contributed by atoms with van der Waals surface area (Å²) in [5.41, 5.74) is 0.796. The lowest BCUT2D eigenvalue weighted by Gasteiger charge is -2.05. The number of halogens is 2. The van der Waals surface area contributed by atoms with Crippen LogP contribution in [0, 0.1) is 0 Å². The second-order valence-electron chi connectivity index (χ2n) is 2.41. The number of hydrogen-bond acceptors (Lipinski definition) is 2. The van der Waals surface area contributed by atoms with E-state index in [2.05, 4.69) is 37.2 Å². The number of carboxylic acids is 1. The van der Waals surface area contributed by atoms with Crippen molar-refractivity contribution in [1.82, 2.24) is 0 Å². The first-order chi connectivity index (χ1) is 6.61. The molecule has 0 bridgehead atoms. The van der Waals surface area contributed by atoms with Gasteiger partial charge in [0.2, 0.25) is 0 Å². The van der Waals surface area contributed by atoms with Gasteiger partial charge in [-0.15, -0.1) is 0 Å². The number of para-hydroxylation sites is 1. The van der Waals surface area contributed by atoms with Gasteiger partial charge < -0.3 is 10.4 Å². The molecule has 0 aliphatic carbocycles. The van der Waals surface area contributed by atoms with Crippen LogP contribution in [0.4, 0.5) is 5.69 Å².